The fourth-order valence-electron chi connectivity index (χ4n) is 2.79. The van der Waals surface area contributed by atoms with Crippen LogP contribution in [0.15, 0.2) is 17.0 Å². The van der Waals surface area contributed by atoms with Gasteiger partial charge in [0.25, 0.3) is 0 Å². The third-order valence-electron chi connectivity index (χ3n) is 4.69. The zero-order valence-electron chi connectivity index (χ0n) is 19.4. The molecule has 1 aromatic carbocycles. The van der Waals surface area contributed by atoms with Gasteiger partial charge in [-0.25, -0.2) is 0 Å². The lowest BCUT2D eigenvalue weighted by Gasteiger charge is -2.19. The van der Waals surface area contributed by atoms with Crippen molar-refractivity contribution < 1.29 is 44.4 Å². The van der Waals surface area contributed by atoms with E-state index in [0.717, 1.165) is 11.8 Å². The number of thioether (sulfide) groups is 1. The second kappa shape index (κ2) is 15.4. The van der Waals surface area contributed by atoms with Crippen molar-refractivity contribution in [3.8, 4) is 11.5 Å². The van der Waals surface area contributed by atoms with Crippen LogP contribution in [0.2, 0.25) is 0 Å². The Bertz CT molecular complexity index is 960. The predicted octanol–water partition coefficient (Wildman–Crippen LogP) is -1.92. The summed E-state index contributed by atoms with van der Waals surface area (Å²) in [5.74, 6) is -5.37. The molecule has 0 unspecified atom stereocenters. The molecule has 0 aromatic heterocycles. The summed E-state index contributed by atoms with van der Waals surface area (Å²) in [7, 11) is 0. The van der Waals surface area contributed by atoms with Crippen LogP contribution in [-0.4, -0.2) is 87.6 Å². The summed E-state index contributed by atoms with van der Waals surface area (Å²) in [6.07, 6.45) is 0.0105. The van der Waals surface area contributed by atoms with Gasteiger partial charge in [-0.05, 0) is 30.5 Å². The zero-order valence-corrected chi connectivity index (χ0v) is 20.2. The van der Waals surface area contributed by atoms with Crippen LogP contribution in [0.25, 0.3) is 0 Å². The number of nitrogens with two attached hydrogens (primary N) is 2. The second-order valence-corrected chi connectivity index (χ2v) is 8.69. The van der Waals surface area contributed by atoms with E-state index in [9.17, 15) is 34.2 Å². The van der Waals surface area contributed by atoms with Crippen molar-refractivity contribution in [3.63, 3.8) is 0 Å². The van der Waals surface area contributed by atoms with Crippen molar-refractivity contribution >= 4 is 41.4 Å². The molecule has 0 fully saturated rings. The fourth-order valence-corrected chi connectivity index (χ4v) is 3.84. The van der Waals surface area contributed by atoms with E-state index in [4.69, 9.17) is 21.7 Å². The van der Waals surface area contributed by atoms with Crippen molar-refractivity contribution in [3.05, 3.63) is 17.7 Å². The molecule has 36 heavy (non-hydrogen) atoms. The average Bonchev–Trinajstić information content (AvgIpc) is 2.81. The van der Waals surface area contributed by atoms with E-state index >= 15 is 0 Å². The number of benzene rings is 1. The van der Waals surface area contributed by atoms with E-state index in [0.29, 0.717) is 12.0 Å². The number of aromatic hydroxyl groups is 2. The number of amides is 3. The van der Waals surface area contributed by atoms with Crippen molar-refractivity contribution in [1.82, 2.24) is 16.0 Å². The van der Waals surface area contributed by atoms with Crippen molar-refractivity contribution in [1.29, 1.82) is 0 Å². The number of carbonyl (C=O) groups excluding carboxylic acids is 3. The highest BCUT2D eigenvalue weighted by molar-refractivity contribution is 7.99. The van der Waals surface area contributed by atoms with Crippen LogP contribution in [0.3, 0.4) is 0 Å². The Morgan fingerprint density at radius 1 is 1.00 bits per heavy atom. The number of aliphatic carboxylic acids is 2. The normalized spacial score (nSPS) is 12.3. The first-order valence-corrected chi connectivity index (χ1v) is 11.8. The molecule has 15 heteroatoms. The number of carbonyl (C=O) groups is 5. The van der Waals surface area contributed by atoms with Gasteiger partial charge in [0.1, 0.15) is 18.6 Å². The highest BCUT2D eigenvalue weighted by atomic mass is 32.2. The minimum atomic E-state index is -1.30. The van der Waals surface area contributed by atoms with Crippen LogP contribution in [0.5, 0.6) is 11.5 Å². The van der Waals surface area contributed by atoms with Crippen LogP contribution >= 0.6 is 11.8 Å². The summed E-state index contributed by atoms with van der Waals surface area (Å²) in [4.78, 5) is 58.0. The summed E-state index contributed by atoms with van der Waals surface area (Å²) in [6.45, 7) is -0.240. The Kier molecular flexibility index (Phi) is 13.1. The van der Waals surface area contributed by atoms with Crippen molar-refractivity contribution in [2.24, 2.45) is 11.5 Å². The highest BCUT2D eigenvalue weighted by Crippen LogP contribution is 2.37. The van der Waals surface area contributed by atoms with Crippen LogP contribution < -0.4 is 27.4 Å². The third-order valence-corrected chi connectivity index (χ3v) is 5.81. The largest absolute Gasteiger partial charge is 0.504 e. The highest BCUT2D eigenvalue weighted by Gasteiger charge is 2.24. The summed E-state index contributed by atoms with van der Waals surface area (Å²) < 4.78 is 0. The zero-order chi connectivity index (χ0) is 27.3. The molecule has 0 bridgehead atoms. The molecule has 0 aliphatic heterocycles. The molecule has 0 radical (unpaired) electrons. The number of hydrogen-bond acceptors (Lipinski definition) is 10. The van der Waals surface area contributed by atoms with E-state index in [-0.39, 0.29) is 48.9 Å². The molecule has 1 rings (SSSR count). The van der Waals surface area contributed by atoms with E-state index in [1.807, 2.05) is 0 Å². The average molecular weight is 530 g/mol. The van der Waals surface area contributed by atoms with Crippen LogP contribution in [0, 0.1) is 0 Å². The maximum absolute atomic E-state index is 12.4. The summed E-state index contributed by atoms with van der Waals surface area (Å²) in [6, 6.07) is 0.337. The number of phenols is 2. The number of rotatable bonds is 16. The minimum absolute atomic E-state index is 0.161. The molecule has 0 spiro atoms. The van der Waals surface area contributed by atoms with E-state index in [2.05, 4.69) is 16.0 Å². The van der Waals surface area contributed by atoms with Crippen LogP contribution in [0.1, 0.15) is 24.8 Å². The lowest BCUT2D eigenvalue weighted by molar-refractivity contribution is -0.139. The molecular weight excluding hydrogens is 498 g/mol. The Morgan fingerprint density at radius 3 is 2.31 bits per heavy atom. The molecule has 0 saturated carbocycles. The number of hydrogen-bond donors (Lipinski definition) is 9. The van der Waals surface area contributed by atoms with Crippen LogP contribution in [0.4, 0.5) is 0 Å². The molecule has 0 aliphatic rings. The SMILES string of the molecule is NCCC(=O)NCCc1cc(O)c(O)c(SC[C@H](NC(=O)CC[C@H](N)C(=O)O)C(=O)NCC(=O)O)c1. The molecule has 2 atom stereocenters. The maximum atomic E-state index is 12.4. The molecule has 11 N–H and O–H groups in total. The standard InChI is InChI=1S/C21H31N5O9S/c22-5-3-16(28)24-6-4-11-7-14(27)19(32)15(8-11)36-10-13(20(33)25-9-18(30)31)26-17(29)2-1-12(23)21(34)35/h7-8,12-13,27,32H,1-6,9-10,22-23H2,(H,24,28)(H,25,33)(H,26,29)(H,30,31)(H,34,35)/t12-,13-/m0/s1. The van der Waals surface area contributed by atoms with Gasteiger partial charge in [-0.2, -0.15) is 0 Å². The van der Waals surface area contributed by atoms with E-state index in [1.165, 1.54) is 12.1 Å². The van der Waals surface area contributed by atoms with E-state index in [1.54, 1.807) is 0 Å². The Labute approximate surface area is 210 Å². The van der Waals surface area contributed by atoms with Gasteiger partial charge in [0.2, 0.25) is 17.7 Å². The molecule has 200 valence electrons. The van der Waals surface area contributed by atoms with E-state index < -0.39 is 53.9 Å². The molecule has 3 amide bonds. The second-order valence-electron chi connectivity index (χ2n) is 7.63. The number of nitrogens with one attached hydrogen (secondary N) is 3. The molecular formula is C21H31N5O9S. The topological polar surface area (TPSA) is 254 Å². The van der Waals surface area contributed by atoms with Gasteiger partial charge in [0.15, 0.2) is 11.5 Å². The Hall–Kier alpha value is -3.56. The quantitative estimate of drug-likeness (QED) is 0.0838. The summed E-state index contributed by atoms with van der Waals surface area (Å²) in [5, 5.41) is 45.1. The van der Waals surface area contributed by atoms with Gasteiger partial charge in [0.05, 0.1) is 4.90 Å². The van der Waals surface area contributed by atoms with Crippen molar-refractivity contribution in [2.45, 2.75) is 42.7 Å². The Balaban J connectivity index is 2.89. The molecule has 0 saturated heterocycles. The molecule has 0 aliphatic carbocycles. The first-order chi connectivity index (χ1) is 16.9. The lowest BCUT2D eigenvalue weighted by Crippen LogP contribution is -2.49. The lowest BCUT2D eigenvalue weighted by atomic mass is 10.1. The third kappa shape index (κ3) is 11.2. The predicted molar refractivity (Wildman–Crippen MR) is 128 cm³/mol. The number of phenolic OH excluding ortho intramolecular Hbond substituents is 2. The first-order valence-electron chi connectivity index (χ1n) is 10.9. The van der Waals surface area contributed by atoms with Crippen LogP contribution in [-0.2, 0) is 30.4 Å². The van der Waals surface area contributed by atoms with Crippen molar-refractivity contribution in [2.75, 3.05) is 25.4 Å². The first kappa shape index (κ1) is 30.5. The summed E-state index contributed by atoms with van der Waals surface area (Å²) >= 11 is 0.910. The van der Waals surface area contributed by atoms with Gasteiger partial charge in [-0.3, -0.25) is 24.0 Å². The molecule has 0 heterocycles. The Morgan fingerprint density at radius 2 is 1.69 bits per heavy atom. The monoisotopic (exact) mass is 529 g/mol. The van der Waals surface area contributed by atoms with Gasteiger partial charge < -0.3 is 47.8 Å². The van der Waals surface area contributed by atoms with Gasteiger partial charge >= 0.3 is 11.9 Å². The number of carboxylic acid groups (broad SMARTS) is 2. The maximum Gasteiger partial charge on any atom is 0.322 e. The smallest absolute Gasteiger partial charge is 0.322 e. The fraction of sp³-hybridized carbons (Fsp3) is 0.476. The minimum Gasteiger partial charge on any atom is -0.504 e. The molecule has 1 aromatic rings. The van der Waals surface area contributed by atoms with Gasteiger partial charge in [0, 0.05) is 31.7 Å². The summed E-state index contributed by atoms with van der Waals surface area (Å²) in [5.41, 5.74) is 11.3. The number of carboxylic acids is 2. The molecule has 14 nitrogen and oxygen atoms in total. The van der Waals surface area contributed by atoms with Gasteiger partial charge in [-0.1, -0.05) is 0 Å². The van der Waals surface area contributed by atoms with Gasteiger partial charge in [-0.15, -0.1) is 11.8 Å².